The maximum atomic E-state index is 6.09. The molecule has 0 saturated heterocycles. The van der Waals surface area contributed by atoms with Crippen molar-refractivity contribution in [2.24, 2.45) is 5.73 Å². The van der Waals surface area contributed by atoms with Crippen molar-refractivity contribution in [3.05, 3.63) is 45.9 Å². The molecule has 1 unspecified atom stereocenters. The highest BCUT2D eigenvalue weighted by atomic mass is 32.1. The highest BCUT2D eigenvalue weighted by Crippen LogP contribution is 2.22. The Morgan fingerprint density at radius 2 is 2.06 bits per heavy atom. The first-order valence-electron chi connectivity index (χ1n) is 4.93. The fraction of sp³-hybridized carbons (Fsp3) is 0.273. The summed E-state index contributed by atoms with van der Waals surface area (Å²) >= 11 is 1.49. The van der Waals surface area contributed by atoms with Gasteiger partial charge in [0.05, 0.1) is 12.6 Å². The molecule has 0 aliphatic heterocycles. The van der Waals surface area contributed by atoms with Crippen molar-refractivity contribution in [1.82, 2.24) is 10.2 Å². The Morgan fingerprint density at radius 3 is 2.75 bits per heavy atom. The van der Waals surface area contributed by atoms with E-state index in [9.17, 15) is 0 Å². The molecule has 84 valence electrons. The summed E-state index contributed by atoms with van der Waals surface area (Å²) in [5.41, 5.74) is 7.14. The first kappa shape index (κ1) is 11.2. The maximum absolute atomic E-state index is 6.09. The Morgan fingerprint density at radius 1 is 1.31 bits per heavy atom. The van der Waals surface area contributed by atoms with Gasteiger partial charge in [-0.25, -0.2) is 0 Å². The fourth-order valence-corrected chi connectivity index (χ4v) is 2.22. The number of hydrogen-bond acceptors (Lipinski definition) is 5. The van der Waals surface area contributed by atoms with Gasteiger partial charge in [-0.1, -0.05) is 41.7 Å². The largest absolute Gasteiger partial charge is 0.377 e. The van der Waals surface area contributed by atoms with Crippen LogP contribution >= 0.6 is 11.3 Å². The van der Waals surface area contributed by atoms with Gasteiger partial charge in [-0.3, -0.25) is 0 Å². The first-order chi connectivity index (χ1) is 7.81. The summed E-state index contributed by atoms with van der Waals surface area (Å²) in [5.74, 6) is 0. The zero-order chi connectivity index (χ0) is 11.4. The SMILES string of the molecule is COCc1nnc(C(N)c2ccccc2)s1. The molecule has 0 fully saturated rings. The van der Waals surface area contributed by atoms with E-state index in [1.165, 1.54) is 11.3 Å². The molecule has 1 heterocycles. The molecule has 0 aliphatic carbocycles. The molecule has 0 aliphatic rings. The monoisotopic (exact) mass is 235 g/mol. The molecule has 1 atom stereocenters. The lowest BCUT2D eigenvalue weighted by Gasteiger charge is -2.06. The second kappa shape index (κ2) is 5.16. The van der Waals surface area contributed by atoms with E-state index in [1.807, 2.05) is 30.3 Å². The molecule has 0 saturated carbocycles. The zero-order valence-corrected chi connectivity index (χ0v) is 9.78. The van der Waals surface area contributed by atoms with Crippen LogP contribution in [-0.4, -0.2) is 17.3 Å². The van der Waals surface area contributed by atoms with Crippen LogP contribution in [0.25, 0.3) is 0 Å². The third-order valence-corrected chi connectivity index (χ3v) is 3.15. The molecule has 2 aromatic rings. The van der Waals surface area contributed by atoms with E-state index in [1.54, 1.807) is 7.11 Å². The van der Waals surface area contributed by atoms with Crippen LogP contribution < -0.4 is 5.73 Å². The summed E-state index contributed by atoms with van der Waals surface area (Å²) < 4.78 is 4.99. The van der Waals surface area contributed by atoms with Gasteiger partial charge in [0.15, 0.2) is 0 Å². The second-order valence-electron chi connectivity index (χ2n) is 3.36. The molecule has 0 bridgehead atoms. The third kappa shape index (κ3) is 2.44. The minimum atomic E-state index is -0.204. The number of benzene rings is 1. The van der Waals surface area contributed by atoms with Gasteiger partial charge in [-0.15, -0.1) is 10.2 Å². The summed E-state index contributed by atoms with van der Waals surface area (Å²) in [6.07, 6.45) is 0. The lowest BCUT2D eigenvalue weighted by Crippen LogP contribution is -2.11. The number of nitrogens with zero attached hydrogens (tertiary/aromatic N) is 2. The number of nitrogens with two attached hydrogens (primary N) is 1. The van der Waals surface area contributed by atoms with Gasteiger partial charge in [0.25, 0.3) is 0 Å². The van der Waals surface area contributed by atoms with E-state index in [0.29, 0.717) is 6.61 Å². The predicted molar refractivity (Wildman–Crippen MR) is 63.1 cm³/mol. The van der Waals surface area contributed by atoms with Gasteiger partial charge in [0.1, 0.15) is 10.0 Å². The molecule has 2 N–H and O–H groups in total. The standard InChI is InChI=1S/C11H13N3OS/c1-15-7-9-13-14-11(16-9)10(12)8-5-3-2-4-6-8/h2-6,10H,7,12H2,1H3. The quantitative estimate of drug-likeness (QED) is 0.876. The molecule has 1 aromatic heterocycles. The van der Waals surface area contributed by atoms with Crippen LogP contribution in [0.15, 0.2) is 30.3 Å². The summed E-state index contributed by atoms with van der Waals surface area (Å²) in [5, 5.41) is 9.76. The van der Waals surface area contributed by atoms with Crippen molar-refractivity contribution < 1.29 is 4.74 Å². The number of ether oxygens (including phenoxy) is 1. The Labute approximate surface area is 98.1 Å². The van der Waals surface area contributed by atoms with Gasteiger partial charge in [0.2, 0.25) is 0 Å². The average molecular weight is 235 g/mol. The van der Waals surface area contributed by atoms with Gasteiger partial charge in [-0.05, 0) is 5.56 Å². The predicted octanol–water partition coefficient (Wildman–Crippen LogP) is 1.73. The van der Waals surface area contributed by atoms with Crippen molar-refractivity contribution in [3.63, 3.8) is 0 Å². The summed E-state index contributed by atoms with van der Waals surface area (Å²) in [7, 11) is 1.64. The van der Waals surface area contributed by atoms with Crippen LogP contribution in [0.4, 0.5) is 0 Å². The van der Waals surface area contributed by atoms with E-state index in [2.05, 4.69) is 10.2 Å². The summed E-state index contributed by atoms with van der Waals surface area (Å²) in [6.45, 7) is 0.485. The van der Waals surface area contributed by atoms with Crippen LogP contribution in [0.5, 0.6) is 0 Å². The molecule has 2 rings (SSSR count). The zero-order valence-electron chi connectivity index (χ0n) is 8.96. The number of rotatable bonds is 4. The van der Waals surface area contributed by atoms with Gasteiger partial charge in [-0.2, -0.15) is 0 Å². The molecule has 0 radical (unpaired) electrons. The Kier molecular flexibility index (Phi) is 3.61. The Hall–Kier alpha value is -1.30. The molecule has 5 heteroatoms. The molecule has 16 heavy (non-hydrogen) atoms. The normalized spacial score (nSPS) is 12.6. The molecule has 4 nitrogen and oxygen atoms in total. The van der Waals surface area contributed by atoms with E-state index in [4.69, 9.17) is 10.5 Å². The second-order valence-corrected chi connectivity index (χ2v) is 4.45. The van der Waals surface area contributed by atoms with E-state index in [0.717, 1.165) is 15.6 Å². The fourth-order valence-electron chi connectivity index (χ4n) is 1.38. The lowest BCUT2D eigenvalue weighted by atomic mass is 10.1. The van der Waals surface area contributed by atoms with Crippen molar-refractivity contribution >= 4 is 11.3 Å². The van der Waals surface area contributed by atoms with Crippen molar-refractivity contribution in [2.75, 3.05) is 7.11 Å². The van der Waals surface area contributed by atoms with Crippen LogP contribution in [0.3, 0.4) is 0 Å². The topological polar surface area (TPSA) is 61.0 Å². The van der Waals surface area contributed by atoms with Crippen LogP contribution in [0, 0.1) is 0 Å². The average Bonchev–Trinajstić information content (AvgIpc) is 2.78. The number of hydrogen-bond donors (Lipinski definition) is 1. The van der Waals surface area contributed by atoms with Crippen LogP contribution in [-0.2, 0) is 11.3 Å². The van der Waals surface area contributed by atoms with Crippen molar-refractivity contribution in [3.8, 4) is 0 Å². The third-order valence-electron chi connectivity index (χ3n) is 2.18. The first-order valence-corrected chi connectivity index (χ1v) is 5.74. The number of aromatic nitrogens is 2. The van der Waals surface area contributed by atoms with Gasteiger partial charge < -0.3 is 10.5 Å². The van der Waals surface area contributed by atoms with Crippen LogP contribution in [0.2, 0.25) is 0 Å². The van der Waals surface area contributed by atoms with E-state index < -0.39 is 0 Å². The molecule has 0 spiro atoms. The molecular weight excluding hydrogens is 222 g/mol. The van der Waals surface area contributed by atoms with Gasteiger partial charge >= 0.3 is 0 Å². The molecular formula is C11H13N3OS. The minimum Gasteiger partial charge on any atom is -0.377 e. The van der Waals surface area contributed by atoms with Crippen molar-refractivity contribution in [2.45, 2.75) is 12.6 Å². The Bertz CT molecular complexity index is 444. The van der Waals surface area contributed by atoms with Crippen molar-refractivity contribution in [1.29, 1.82) is 0 Å². The van der Waals surface area contributed by atoms with Crippen LogP contribution in [0.1, 0.15) is 21.6 Å². The molecule has 0 amide bonds. The smallest absolute Gasteiger partial charge is 0.143 e. The lowest BCUT2D eigenvalue weighted by molar-refractivity contribution is 0.184. The highest BCUT2D eigenvalue weighted by molar-refractivity contribution is 7.11. The maximum Gasteiger partial charge on any atom is 0.143 e. The number of methoxy groups -OCH3 is 1. The minimum absolute atomic E-state index is 0.204. The van der Waals surface area contributed by atoms with Gasteiger partial charge in [0, 0.05) is 7.11 Å². The summed E-state index contributed by atoms with van der Waals surface area (Å²) in [6, 6.07) is 9.67. The van der Waals surface area contributed by atoms with E-state index in [-0.39, 0.29) is 6.04 Å². The summed E-state index contributed by atoms with van der Waals surface area (Å²) in [4.78, 5) is 0. The molecule has 1 aromatic carbocycles. The van der Waals surface area contributed by atoms with E-state index >= 15 is 0 Å². The highest BCUT2D eigenvalue weighted by Gasteiger charge is 2.13. The Balaban J connectivity index is 2.17.